The van der Waals surface area contributed by atoms with Crippen molar-refractivity contribution in [1.29, 1.82) is 5.26 Å². The third-order valence-corrected chi connectivity index (χ3v) is 9.17. The summed E-state index contributed by atoms with van der Waals surface area (Å²) in [5.74, 6) is 0.0951. The summed E-state index contributed by atoms with van der Waals surface area (Å²) in [6.45, 7) is 5.68. The molecule has 0 amide bonds. The number of fused-ring (bicyclic) bond motifs is 1. The van der Waals surface area contributed by atoms with E-state index < -0.39 is 21.3 Å². The van der Waals surface area contributed by atoms with Gasteiger partial charge in [-0.15, -0.1) is 0 Å². The van der Waals surface area contributed by atoms with Gasteiger partial charge in [0, 0.05) is 36.0 Å². The lowest BCUT2D eigenvalue weighted by atomic mass is 9.84. The zero-order valence-electron chi connectivity index (χ0n) is 24.7. The van der Waals surface area contributed by atoms with Crippen LogP contribution in [0.25, 0.3) is 33.2 Å². The summed E-state index contributed by atoms with van der Waals surface area (Å²) in [5, 5.41) is 10.3. The lowest BCUT2D eigenvalue weighted by Gasteiger charge is -2.35. The minimum atomic E-state index is -1.58. The lowest BCUT2D eigenvalue weighted by Crippen LogP contribution is -2.50. The second kappa shape index (κ2) is 11.3. The highest BCUT2D eigenvalue weighted by molar-refractivity contribution is 7.84. The third kappa shape index (κ3) is 5.23. The van der Waals surface area contributed by atoms with Crippen LogP contribution in [-0.4, -0.2) is 23.5 Å². The van der Waals surface area contributed by atoms with Crippen LogP contribution in [0.4, 0.5) is 4.39 Å². The number of furan rings is 1. The Morgan fingerprint density at radius 2 is 1.70 bits per heavy atom. The van der Waals surface area contributed by atoms with E-state index in [0.29, 0.717) is 39.3 Å². The highest BCUT2D eigenvalue weighted by atomic mass is 32.2. The summed E-state index contributed by atoms with van der Waals surface area (Å²) in [4.78, 5) is 8.70. The van der Waals surface area contributed by atoms with E-state index in [4.69, 9.17) is 4.42 Å². The number of aryl methyl sites for hydroxylation is 1. The highest BCUT2D eigenvalue weighted by Gasteiger charge is 2.45. The fourth-order valence-electron chi connectivity index (χ4n) is 5.29. The van der Waals surface area contributed by atoms with Gasteiger partial charge in [0.05, 0.1) is 45.6 Å². The van der Waals surface area contributed by atoms with E-state index in [2.05, 4.69) is 20.8 Å². The topological polar surface area (TPSA) is 96.7 Å². The van der Waals surface area contributed by atoms with Crippen molar-refractivity contribution in [2.45, 2.75) is 31.1 Å². The molecule has 1 N–H and O–H groups in total. The van der Waals surface area contributed by atoms with Crippen LogP contribution < -0.4 is 4.72 Å². The van der Waals surface area contributed by atoms with E-state index >= 15 is 0 Å². The Hall–Kier alpha value is -4.91. The Morgan fingerprint density at radius 3 is 2.34 bits per heavy atom. The Labute approximate surface area is 257 Å². The van der Waals surface area contributed by atoms with E-state index in [9.17, 15) is 13.9 Å². The Kier molecular flexibility index (Phi) is 7.49. The van der Waals surface area contributed by atoms with Gasteiger partial charge in [-0.1, -0.05) is 30.3 Å². The van der Waals surface area contributed by atoms with Gasteiger partial charge in [0.1, 0.15) is 17.2 Å². The summed E-state index contributed by atoms with van der Waals surface area (Å²) >= 11 is 0. The first-order valence-corrected chi connectivity index (χ1v) is 15.2. The number of aromatic nitrogens is 3. The van der Waals surface area contributed by atoms with Crippen LogP contribution >= 0.6 is 0 Å². The first-order valence-electron chi connectivity index (χ1n) is 14.0. The van der Waals surface area contributed by atoms with E-state index in [-0.39, 0.29) is 5.82 Å². The van der Waals surface area contributed by atoms with Gasteiger partial charge in [-0.05, 0) is 86.0 Å². The Balaban J connectivity index is 1.70. The maximum Gasteiger partial charge on any atom is 0.155 e. The third-order valence-electron chi connectivity index (χ3n) is 7.57. The molecule has 6 rings (SSSR count). The molecule has 44 heavy (non-hydrogen) atoms. The van der Waals surface area contributed by atoms with Crippen LogP contribution in [0.5, 0.6) is 0 Å². The highest BCUT2D eigenvalue weighted by Crippen LogP contribution is 2.43. The molecule has 0 aliphatic heterocycles. The number of nitrogens with one attached hydrogen (secondary N) is 1. The molecular weight excluding hydrogens is 573 g/mol. The normalized spacial score (nSPS) is 13.8. The molecule has 6 aromatic rings. The predicted molar refractivity (Wildman–Crippen MR) is 170 cm³/mol. The number of nitriles is 1. The number of pyridine rings is 1. The fraction of sp³-hybridized carbons (Fsp3) is 0.171. The molecule has 3 aromatic heterocycles. The zero-order valence-corrected chi connectivity index (χ0v) is 25.5. The van der Waals surface area contributed by atoms with Crippen molar-refractivity contribution in [3.63, 3.8) is 0 Å². The van der Waals surface area contributed by atoms with Crippen molar-refractivity contribution < 1.29 is 13.0 Å². The van der Waals surface area contributed by atoms with Crippen LogP contribution in [-0.2, 0) is 23.6 Å². The van der Waals surface area contributed by atoms with Crippen LogP contribution in [0, 0.1) is 17.1 Å². The summed E-state index contributed by atoms with van der Waals surface area (Å²) in [6.07, 6.45) is 6.89. The van der Waals surface area contributed by atoms with E-state index in [0.717, 1.165) is 16.5 Å². The van der Waals surface area contributed by atoms with Crippen molar-refractivity contribution in [1.82, 2.24) is 19.3 Å². The molecule has 0 radical (unpaired) electrons. The SMILES string of the molecule is Cn1cncc1C(NS(=O)C(C)(C)C)(c1ccc(C#N)cc1)c1cc2cc(-c3cccnc3)cc(-c3cccc(F)c3)c2o1. The number of imidazole rings is 1. The number of rotatable bonds is 7. The molecule has 2 atom stereocenters. The van der Waals surface area contributed by atoms with Crippen LogP contribution in [0.15, 0.2) is 108 Å². The van der Waals surface area contributed by atoms with Crippen molar-refractivity contribution in [3.8, 4) is 28.3 Å². The summed E-state index contributed by atoms with van der Waals surface area (Å²) in [5.41, 5.74) is 4.25. The van der Waals surface area contributed by atoms with Gasteiger partial charge < -0.3 is 8.98 Å². The fourth-order valence-corrected chi connectivity index (χ4v) is 6.20. The number of hydrogen-bond acceptors (Lipinski definition) is 5. The van der Waals surface area contributed by atoms with Gasteiger partial charge in [-0.2, -0.15) is 5.26 Å². The molecular formula is C35H30FN5O2S. The van der Waals surface area contributed by atoms with Crippen LogP contribution in [0.2, 0.25) is 0 Å². The van der Waals surface area contributed by atoms with Gasteiger partial charge in [-0.3, -0.25) is 4.98 Å². The molecule has 2 unspecified atom stereocenters. The molecule has 0 saturated carbocycles. The largest absolute Gasteiger partial charge is 0.458 e. The van der Waals surface area contributed by atoms with Gasteiger partial charge in [0.25, 0.3) is 0 Å². The number of benzene rings is 3. The molecule has 0 bridgehead atoms. The van der Waals surface area contributed by atoms with Crippen LogP contribution in [0.3, 0.4) is 0 Å². The minimum absolute atomic E-state index is 0.363. The predicted octanol–water partition coefficient (Wildman–Crippen LogP) is 7.25. The van der Waals surface area contributed by atoms with Gasteiger partial charge in [-0.25, -0.2) is 18.3 Å². The van der Waals surface area contributed by atoms with Crippen molar-refractivity contribution in [3.05, 3.63) is 132 Å². The molecule has 0 aliphatic rings. The molecule has 7 nitrogen and oxygen atoms in total. The maximum atomic E-state index is 14.5. The molecule has 3 heterocycles. The monoisotopic (exact) mass is 603 g/mol. The summed E-state index contributed by atoms with van der Waals surface area (Å²) < 4.78 is 39.9. The number of halogens is 1. The van der Waals surface area contributed by atoms with E-state index in [1.54, 1.807) is 43.1 Å². The second-order valence-corrected chi connectivity index (χ2v) is 13.6. The second-order valence-electron chi connectivity index (χ2n) is 11.6. The van der Waals surface area contributed by atoms with Crippen LogP contribution in [0.1, 0.15) is 43.4 Å². The molecule has 0 aliphatic carbocycles. The van der Waals surface area contributed by atoms with E-state index in [1.807, 2.05) is 80.9 Å². The Bertz CT molecular complexity index is 2040. The van der Waals surface area contributed by atoms with Gasteiger partial charge in [0.15, 0.2) is 5.54 Å². The average Bonchev–Trinajstić information content (AvgIpc) is 3.66. The molecule has 0 spiro atoms. The molecule has 9 heteroatoms. The average molecular weight is 604 g/mol. The summed E-state index contributed by atoms with van der Waals surface area (Å²) in [6, 6.07) is 25.4. The lowest BCUT2D eigenvalue weighted by molar-refractivity contribution is 0.417. The van der Waals surface area contributed by atoms with Crippen molar-refractivity contribution in [2.24, 2.45) is 7.05 Å². The number of nitrogens with zero attached hydrogens (tertiary/aromatic N) is 4. The first kappa shape index (κ1) is 29.2. The maximum absolute atomic E-state index is 14.5. The van der Waals surface area contributed by atoms with E-state index in [1.165, 1.54) is 12.1 Å². The molecule has 3 aromatic carbocycles. The Morgan fingerprint density at radius 1 is 0.932 bits per heavy atom. The first-order chi connectivity index (χ1) is 21.1. The summed E-state index contributed by atoms with van der Waals surface area (Å²) in [7, 11) is 0.283. The smallest absolute Gasteiger partial charge is 0.155 e. The zero-order chi connectivity index (χ0) is 31.1. The number of hydrogen-bond donors (Lipinski definition) is 1. The standard InChI is InChI=1S/C35H30FN5O2S/c1-34(2,3)44(42)40-35(31-21-39-22-41(31)4,28-12-10-23(19-37)11-13-28)32-18-27-15-26(25-8-6-14-38-20-25)17-30(33(27)43-32)24-7-5-9-29(36)16-24/h5-18,20-22,40H,1-4H3. The van der Waals surface area contributed by atoms with Crippen molar-refractivity contribution >= 4 is 22.0 Å². The molecule has 0 fully saturated rings. The van der Waals surface area contributed by atoms with Crippen molar-refractivity contribution in [2.75, 3.05) is 0 Å². The molecule has 0 saturated heterocycles. The minimum Gasteiger partial charge on any atom is -0.458 e. The quantitative estimate of drug-likeness (QED) is 0.207. The molecule has 220 valence electrons. The van der Waals surface area contributed by atoms with Gasteiger partial charge in [0.2, 0.25) is 0 Å². The van der Waals surface area contributed by atoms with Gasteiger partial charge >= 0.3 is 0 Å².